The standard InChI is InChI=1S/C24H40BN5O6/c1-27-21(8-4-5-11-26)23(32)28-22(24(33)34)10-9-19(31)17-30-14-12-29(13-15-30)16-18-6-2-3-7-20(18)25(35)36/h2-3,6-7,21-22,27,35-36H,4-5,8-17,26H2,1H3,(H,28,32)(H,33,34). The van der Waals surface area contributed by atoms with Crippen LogP contribution < -0.4 is 21.8 Å². The summed E-state index contributed by atoms with van der Waals surface area (Å²) >= 11 is 0. The first-order valence-corrected chi connectivity index (χ1v) is 12.6. The first-order valence-electron chi connectivity index (χ1n) is 12.6. The Hall–Kier alpha value is -2.35. The van der Waals surface area contributed by atoms with Gasteiger partial charge in [-0.25, -0.2) is 4.79 Å². The SMILES string of the molecule is CNC(CCCCN)C(=O)NC(CCC(=O)CN1CCN(Cc2ccccc2B(O)O)CC1)C(=O)O. The highest BCUT2D eigenvalue weighted by Crippen LogP contribution is 2.09. The van der Waals surface area contributed by atoms with Gasteiger partial charge in [-0.05, 0) is 43.9 Å². The molecule has 1 aliphatic heterocycles. The maximum absolute atomic E-state index is 12.5. The Morgan fingerprint density at radius 2 is 1.69 bits per heavy atom. The molecule has 7 N–H and O–H groups in total. The molecule has 1 fully saturated rings. The fraction of sp³-hybridized carbons (Fsp3) is 0.625. The fourth-order valence-electron chi connectivity index (χ4n) is 4.34. The van der Waals surface area contributed by atoms with Crippen LogP contribution >= 0.6 is 0 Å². The predicted molar refractivity (Wildman–Crippen MR) is 138 cm³/mol. The number of nitrogens with zero attached hydrogens (tertiary/aromatic N) is 2. The average Bonchev–Trinajstić information content (AvgIpc) is 2.85. The molecule has 0 radical (unpaired) electrons. The number of piperazine rings is 1. The lowest BCUT2D eigenvalue weighted by Crippen LogP contribution is -2.50. The highest BCUT2D eigenvalue weighted by atomic mass is 16.4. The molecule has 2 rings (SSSR count). The van der Waals surface area contributed by atoms with Gasteiger partial charge in [0.25, 0.3) is 0 Å². The third-order valence-electron chi connectivity index (χ3n) is 6.53. The van der Waals surface area contributed by atoms with Crippen LogP contribution in [0.4, 0.5) is 0 Å². The van der Waals surface area contributed by atoms with E-state index in [9.17, 15) is 29.5 Å². The summed E-state index contributed by atoms with van der Waals surface area (Å²) in [7, 11) is 0.139. The van der Waals surface area contributed by atoms with Crippen LogP contribution in [0, 0.1) is 0 Å². The first kappa shape index (κ1) is 29.9. The molecule has 1 aliphatic rings. The third-order valence-corrected chi connectivity index (χ3v) is 6.53. The minimum Gasteiger partial charge on any atom is -0.480 e. The number of unbranched alkanes of at least 4 members (excludes halogenated alkanes) is 1. The zero-order valence-corrected chi connectivity index (χ0v) is 21.1. The van der Waals surface area contributed by atoms with E-state index < -0.39 is 25.2 Å². The number of rotatable bonds is 16. The van der Waals surface area contributed by atoms with E-state index >= 15 is 0 Å². The summed E-state index contributed by atoms with van der Waals surface area (Å²) in [6.07, 6.45) is 2.21. The summed E-state index contributed by atoms with van der Waals surface area (Å²) in [4.78, 5) is 40.9. The van der Waals surface area contributed by atoms with Crippen LogP contribution in [0.1, 0.15) is 37.7 Å². The van der Waals surface area contributed by atoms with Gasteiger partial charge in [0.1, 0.15) is 11.8 Å². The normalized spacial score (nSPS) is 16.3. The molecule has 12 heteroatoms. The third kappa shape index (κ3) is 9.96. The van der Waals surface area contributed by atoms with Gasteiger partial charge >= 0.3 is 13.1 Å². The number of ketones is 1. The monoisotopic (exact) mass is 505 g/mol. The molecule has 0 aromatic heterocycles. The van der Waals surface area contributed by atoms with Crippen LogP contribution in [0.2, 0.25) is 0 Å². The number of carboxylic acid groups (broad SMARTS) is 1. The number of nitrogens with two attached hydrogens (primary N) is 1. The topological polar surface area (TPSA) is 168 Å². The van der Waals surface area contributed by atoms with Crippen molar-refractivity contribution in [2.45, 2.75) is 50.7 Å². The number of benzene rings is 1. The molecule has 1 amide bonds. The van der Waals surface area contributed by atoms with Crippen molar-refractivity contribution in [2.24, 2.45) is 5.73 Å². The van der Waals surface area contributed by atoms with Gasteiger partial charge in [-0.3, -0.25) is 19.4 Å². The highest BCUT2D eigenvalue weighted by molar-refractivity contribution is 6.59. The molecular formula is C24H40BN5O6. The van der Waals surface area contributed by atoms with Gasteiger partial charge in [0.2, 0.25) is 5.91 Å². The summed E-state index contributed by atoms with van der Waals surface area (Å²) in [5, 5.41) is 34.1. The Morgan fingerprint density at radius 1 is 1.03 bits per heavy atom. The van der Waals surface area contributed by atoms with Gasteiger partial charge in [-0.2, -0.15) is 0 Å². The number of amides is 1. The number of likely N-dealkylation sites (N-methyl/N-ethyl adjacent to an activating group) is 1. The van der Waals surface area contributed by atoms with E-state index in [4.69, 9.17) is 5.73 Å². The summed E-state index contributed by atoms with van der Waals surface area (Å²) < 4.78 is 0. The van der Waals surface area contributed by atoms with Gasteiger partial charge in [0.05, 0.1) is 12.6 Å². The maximum atomic E-state index is 12.5. The summed E-state index contributed by atoms with van der Waals surface area (Å²) in [6.45, 7) is 4.18. The van der Waals surface area contributed by atoms with Crippen molar-refractivity contribution in [3.8, 4) is 0 Å². The van der Waals surface area contributed by atoms with Crippen LogP contribution in [0.25, 0.3) is 0 Å². The second-order valence-corrected chi connectivity index (χ2v) is 9.23. The Labute approximate surface area is 213 Å². The molecule has 0 saturated carbocycles. The van der Waals surface area contributed by atoms with Gasteiger partial charge in [0, 0.05) is 39.1 Å². The molecule has 1 aromatic rings. The largest absolute Gasteiger partial charge is 0.488 e. The molecule has 1 saturated heterocycles. The van der Waals surface area contributed by atoms with Crippen LogP contribution in [0.5, 0.6) is 0 Å². The molecule has 1 aromatic carbocycles. The molecule has 2 unspecified atom stereocenters. The van der Waals surface area contributed by atoms with Gasteiger partial charge in [0.15, 0.2) is 0 Å². The Bertz CT molecular complexity index is 850. The number of hydrogen-bond acceptors (Lipinski definition) is 9. The number of Topliss-reactive ketones (excluding diaryl/α,β-unsaturated/α-hetero) is 1. The molecule has 0 spiro atoms. The van der Waals surface area contributed by atoms with Crippen molar-refractivity contribution >= 4 is 30.2 Å². The minimum atomic E-state index is -1.51. The van der Waals surface area contributed by atoms with Crippen molar-refractivity contribution < 1.29 is 29.5 Å². The average molecular weight is 505 g/mol. The number of nitrogens with one attached hydrogen (secondary N) is 2. The number of carbonyl (C=O) groups is 3. The molecule has 36 heavy (non-hydrogen) atoms. The van der Waals surface area contributed by atoms with E-state index in [1.54, 1.807) is 19.2 Å². The number of aliphatic carboxylic acids is 1. The molecule has 2 atom stereocenters. The molecule has 1 heterocycles. The van der Waals surface area contributed by atoms with E-state index in [1.807, 2.05) is 17.0 Å². The summed E-state index contributed by atoms with van der Waals surface area (Å²) in [6, 6.07) is 5.58. The molecular weight excluding hydrogens is 465 g/mol. The number of hydrogen-bond donors (Lipinski definition) is 6. The first-order chi connectivity index (χ1) is 17.2. The van der Waals surface area contributed by atoms with Gasteiger partial charge in [-0.1, -0.05) is 30.7 Å². The van der Waals surface area contributed by atoms with Crippen LogP contribution in [-0.4, -0.2) is 108 Å². The zero-order chi connectivity index (χ0) is 26.5. The van der Waals surface area contributed by atoms with E-state index in [0.717, 1.165) is 31.5 Å². The minimum absolute atomic E-state index is 0.0410. The molecule has 0 aliphatic carbocycles. The summed E-state index contributed by atoms with van der Waals surface area (Å²) in [5.74, 6) is -1.61. The smallest absolute Gasteiger partial charge is 0.480 e. The highest BCUT2D eigenvalue weighted by Gasteiger charge is 2.26. The second kappa shape index (κ2) is 15.7. The number of carboxylic acids is 1. The van der Waals surface area contributed by atoms with E-state index in [0.29, 0.717) is 38.1 Å². The molecule has 11 nitrogen and oxygen atoms in total. The fourth-order valence-corrected chi connectivity index (χ4v) is 4.34. The van der Waals surface area contributed by atoms with Crippen LogP contribution in [0.15, 0.2) is 24.3 Å². The van der Waals surface area contributed by atoms with Gasteiger partial charge < -0.3 is 31.5 Å². The quantitative estimate of drug-likeness (QED) is 0.110. The zero-order valence-electron chi connectivity index (χ0n) is 21.1. The predicted octanol–water partition coefficient (Wildman–Crippen LogP) is -1.88. The Balaban J connectivity index is 1.76. The lowest BCUT2D eigenvalue weighted by atomic mass is 9.77. The van der Waals surface area contributed by atoms with E-state index in [-0.39, 0.29) is 31.1 Å². The Morgan fingerprint density at radius 3 is 2.31 bits per heavy atom. The lowest BCUT2D eigenvalue weighted by molar-refractivity contribution is -0.142. The van der Waals surface area contributed by atoms with Crippen molar-refractivity contribution in [1.82, 2.24) is 20.4 Å². The van der Waals surface area contributed by atoms with Crippen LogP contribution in [0.3, 0.4) is 0 Å². The van der Waals surface area contributed by atoms with Crippen molar-refractivity contribution in [3.63, 3.8) is 0 Å². The van der Waals surface area contributed by atoms with Gasteiger partial charge in [-0.15, -0.1) is 0 Å². The molecule has 0 bridgehead atoms. The van der Waals surface area contributed by atoms with E-state index in [2.05, 4.69) is 15.5 Å². The van der Waals surface area contributed by atoms with E-state index in [1.165, 1.54) is 0 Å². The van der Waals surface area contributed by atoms with Crippen molar-refractivity contribution in [3.05, 3.63) is 29.8 Å². The lowest BCUT2D eigenvalue weighted by Gasteiger charge is -2.34. The molecule has 200 valence electrons. The van der Waals surface area contributed by atoms with Crippen molar-refractivity contribution in [2.75, 3.05) is 46.3 Å². The maximum Gasteiger partial charge on any atom is 0.488 e. The Kier molecular flexibility index (Phi) is 13.0. The second-order valence-electron chi connectivity index (χ2n) is 9.23. The van der Waals surface area contributed by atoms with Crippen LogP contribution in [-0.2, 0) is 20.9 Å². The number of carbonyl (C=O) groups excluding carboxylic acids is 2. The summed E-state index contributed by atoms with van der Waals surface area (Å²) in [5.41, 5.74) is 6.84. The van der Waals surface area contributed by atoms with Crippen molar-refractivity contribution in [1.29, 1.82) is 0 Å².